The van der Waals surface area contributed by atoms with E-state index in [1.54, 1.807) is 24.1 Å². The number of carbonyl (C=O) groups excluding carboxylic acids is 1. The molecule has 0 N–H and O–H groups in total. The monoisotopic (exact) mass is 322 g/mol. The van der Waals surface area contributed by atoms with E-state index < -0.39 is 17.8 Å². The molecule has 1 aliphatic rings. The van der Waals surface area contributed by atoms with Crippen molar-refractivity contribution in [2.45, 2.75) is 13.0 Å². The van der Waals surface area contributed by atoms with Crippen molar-refractivity contribution in [2.24, 2.45) is 4.99 Å². The predicted octanol–water partition coefficient (Wildman–Crippen LogP) is 2.27. The fourth-order valence-electron chi connectivity index (χ4n) is 2.22. The zero-order chi connectivity index (χ0) is 16.7. The predicted molar refractivity (Wildman–Crippen MR) is 82.6 cm³/mol. The Labute approximate surface area is 134 Å². The summed E-state index contributed by atoms with van der Waals surface area (Å²) in [5.41, 5.74) is 0.363. The van der Waals surface area contributed by atoms with Crippen LogP contribution in [0, 0.1) is 5.82 Å². The summed E-state index contributed by atoms with van der Waals surface area (Å²) in [4.78, 5) is 18.1. The maximum Gasteiger partial charge on any atom is 0.333 e. The number of hydrogen-bond donors (Lipinski definition) is 0. The molecule has 6 nitrogen and oxygen atoms in total. The highest BCUT2D eigenvalue weighted by Crippen LogP contribution is 2.31. The first-order valence-electron chi connectivity index (χ1n) is 7.19. The minimum atomic E-state index is -0.855. The normalized spacial score (nSPS) is 14.7. The average Bonchev–Trinajstić information content (AvgIpc) is 2.56. The van der Waals surface area contributed by atoms with Crippen LogP contribution in [0.1, 0.15) is 18.5 Å². The molecule has 0 bridgehead atoms. The van der Waals surface area contributed by atoms with Crippen LogP contribution < -0.4 is 4.74 Å². The van der Waals surface area contributed by atoms with Gasteiger partial charge in [0.2, 0.25) is 0 Å². The van der Waals surface area contributed by atoms with E-state index in [2.05, 4.69) is 4.99 Å². The molecule has 0 spiro atoms. The Bertz CT molecular complexity index is 604. The van der Waals surface area contributed by atoms with Gasteiger partial charge in [0, 0.05) is 25.4 Å². The Hall–Kier alpha value is -2.41. The molecule has 1 atom stereocenters. The van der Waals surface area contributed by atoms with E-state index in [4.69, 9.17) is 14.2 Å². The summed E-state index contributed by atoms with van der Waals surface area (Å²) >= 11 is 0. The fourth-order valence-corrected chi connectivity index (χ4v) is 2.22. The van der Waals surface area contributed by atoms with Crippen LogP contribution in [-0.4, -0.2) is 44.3 Å². The molecular formula is C16H19FN2O4. The number of carbonyl (C=O) groups is 1. The summed E-state index contributed by atoms with van der Waals surface area (Å²) in [6, 6.07) is 3.14. The molecular weight excluding hydrogens is 303 g/mol. The minimum absolute atomic E-state index is 0.0117. The molecule has 1 heterocycles. The number of ether oxygens (including phenoxy) is 3. The largest absolute Gasteiger partial charge is 0.467 e. The Morgan fingerprint density at radius 1 is 1.48 bits per heavy atom. The second-order valence-corrected chi connectivity index (χ2v) is 4.73. The van der Waals surface area contributed by atoms with E-state index in [9.17, 15) is 9.18 Å². The third-order valence-corrected chi connectivity index (χ3v) is 3.16. The van der Waals surface area contributed by atoms with Crippen molar-refractivity contribution in [1.29, 1.82) is 0 Å². The van der Waals surface area contributed by atoms with Crippen molar-refractivity contribution in [3.63, 3.8) is 0 Å². The van der Waals surface area contributed by atoms with Gasteiger partial charge < -0.3 is 19.1 Å². The molecule has 1 aromatic rings. The quantitative estimate of drug-likeness (QED) is 0.569. The SMILES string of the molecule is CCOC(=O)C(c1cc(F)ccc1OCOC)N1C=NC=CC1. The zero-order valence-electron chi connectivity index (χ0n) is 13.1. The maximum absolute atomic E-state index is 13.7. The zero-order valence-corrected chi connectivity index (χ0v) is 13.1. The lowest BCUT2D eigenvalue weighted by molar-refractivity contribution is -0.148. The summed E-state index contributed by atoms with van der Waals surface area (Å²) in [5.74, 6) is -0.611. The Morgan fingerprint density at radius 3 is 2.96 bits per heavy atom. The molecule has 0 aromatic heterocycles. The molecule has 0 aliphatic carbocycles. The fraction of sp³-hybridized carbons (Fsp3) is 0.375. The average molecular weight is 322 g/mol. The van der Waals surface area contributed by atoms with Crippen molar-refractivity contribution in [1.82, 2.24) is 4.90 Å². The lowest BCUT2D eigenvalue weighted by Crippen LogP contribution is -2.35. The standard InChI is InChI=1S/C16H19FN2O4/c1-3-22-16(20)15(19-8-4-7-18-10-19)13-9-12(17)5-6-14(13)23-11-21-2/h4-7,9-10,15H,3,8,11H2,1-2H3. The number of halogens is 1. The lowest BCUT2D eigenvalue weighted by atomic mass is 10.0. The van der Waals surface area contributed by atoms with E-state index in [1.807, 2.05) is 0 Å². The number of nitrogens with zero attached hydrogens (tertiary/aromatic N) is 2. The molecule has 1 aliphatic heterocycles. The highest BCUT2D eigenvalue weighted by Gasteiger charge is 2.31. The van der Waals surface area contributed by atoms with Gasteiger partial charge in [-0.1, -0.05) is 0 Å². The number of benzene rings is 1. The number of hydrogen-bond acceptors (Lipinski definition) is 6. The van der Waals surface area contributed by atoms with Gasteiger partial charge in [0.1, 0.15) is 11.6 Å². The minimum Gasteiger partial charge on any atom is -0.467 e. The first kappa shape index (κ1) is 17.0. The van der Waals surface area contributed by atoms with E-state index in [0.29, 0.717) is 17.9 Å². The number of rotatable bonds is 7. The van der Waals surface area contributed by atoms with Gasteiger partial charge >= 0.3 is 5.97 Å². The summed E-state index contributed by atoms with van der Waals surface area (Å²) in [5, 5.41) is 0. The van der Waals surface area contributed by atoms with Gasteiger partial charge in [0.15, 0.2) is 12.8 Å². The highest BCUT2D eigenvalue weighted by molar-refractivity contribution is 5.82. The van der Waals surface area contributed by atoms with Crippen molar-refractivity contribution in [3.05, 3.63) is 41.9 Å². The number of aliphatic imine (C=N–C) groups is 1. The first-order chi connectivity index (χ1) is 11.2. The molecule has 0 saturated carbocycles. The molecule has 0 saturated heterocycles. The van der Waals surface area contributed by atoms with E-state index >= 15 is 0 Å². The third-order valence-electron chi connectivity index (χ3n) is 3.16. The van der Waals surface area contributed by atoms with Crippen LogP contribution in [0.5, 0.6) is 5.75 Å². The van der Waals surface area contributed by atoms with Crippen LogP contribution in [0.3, 0.4) is 0 Å². The molecule has 2 rings (SSSR count). The van der Waals surface area contributed by atoms with Gasteiger partial charge in [-0.05, 0) is 31.2 Å². The number of esters is 1. The van der Waals surface area contributed by atoms with Crippen LogP contribution in [0.2, 0.25) is 0 Å². The summed E-state index contributed by atoms with van der Waals surface area (Å²) < 4.78 is 29.2. The van der Waals surface area contributed by atoms with Gasteiger partial charge in [-0.25, -0.2) is 14.2 Å². The van der Waals surface area contributed by atoms with Gasteiger partial charge in [-0.2, -0.15) is 0 Å². The van der Waals surface area contributed by atoms with Gasteiger partial charge in [-0.3, -0.25) is 0 Å². The Kier molecular flexibility index (Phi) is 6.10. The van der Waals surface area contributed by atoms with Crippen molar-refractivity contribution in [3.8, 4) is 5.75 Å². The van der Waals surface area contributed by atoms with Crippen molar-refractivity contribution >= 4 is 12.3 Å². The van der Waals surface area contributed by atoms with Crippen LogP contribution in [0.15, 0.2) is 35.5 Å². The topological polar surface area (TPSA) is 60.4 Å². The maximum atomic E-state index is 13.7. The summed E-state index contributed by atoms with van der Waals surface area (Å²) in [7, 11) is 1.48. The highest BCUT2D eigenvalue weighted by atomic mass is 19.1. The number of methoxy groups -OCH3 is 1. The van der Waals surface area contributed by atoms with Gasteiger partial charge in [0.25, 0.3) is 0 Å². The van der Waals surface area contributed by atoms with Crippen LogP contribution in [-0.2, 0) is 14.3 Å². The second kappa shape index (κ2) is 8.28. The summed E-state index contributed by atoms with van der Waals surface area (Å²) in [6.07, 6.45) is 4.94. The smallest absolute Gasteiger partial charge is 0.333 e. The molecule has 23 heavy (non-hydrogen) atoms. The third kappa shape index (κ3) is 4.29. The molecule has 1 unspecified atom stereocenters. The molecule has 124 valence electrons. The summed E-state index contributed by atoms with van der Waals surface area (Å²) in [6.45, 7) is 2.38. The Morgan fingerprint density at radius 2 is 2.30 bits per heavy atom. The van der Waals surface area contributed by atoms with Crippen LogP contribution in [0.25, 0.3) is 0 Å². The van der Waals surface area contributed by atoms with Crippen LogP contribution in [0.4, 0.5) is 4.39 Å². The van der Waals surface area contributed by atoms with E-state index in [1.165, 1.54) is 31.6 Å². The molecule has 0 amide bonds. The van der Waals surface area contributed by atoms with Crippen molar-refractivity contribution in [2.75, 3.05) is 27.1 Å². The van der Waals surface area contributed by atoms with Gasteiger partial charge in [-0.15, -0.1) is 0 Å². The first-order valence-corrected chi connectivity index (χ1v) is 7.19. The van der Waals surface area contributed by atoms with E-state index in [-0.39, 0.29) is 13.4 Å². The lowest BCUT2D eigenvalue weighted by Gasteiger charge is -2.29. The molecule has 0 radical (unpaired) electrons. The molecule has 7 heteroatoms. The Balaban J connectivity index is 2.40. The van der Waals surface area contributed by atoms with Crippen molar-refractivity contribution < 1.29 is 23.4 Å². The molecule has 0 fully saturated rings. The van der Waals surface area contributed by atoms with Crippen LogP contribution >= 0.6 is 0 Å². The molecule has 1 aromatic carbocycles. The van der Waals surface area contributed by atoms with Gasteiger partial charge in [0.05, 0.1) is 12.9 Å². The second-order valence-electron chi connectivity index (χ2n) is 4.73. The van der Waals surface area contributed by atoms with E-state index in [0.717, 1.165) is 0 Å².